The van der Waals surface area contributed by atoms with Crippen molar-refractivity contribution in [1.82, 2.24) is 10.3 Å². The lowest BCUT2D eigenvalue weighted by atomic mass is 9.96. The summed E-state index contributed by atoms with van der Waals surface area (Å²) in [7, 11) is 0. The van der Waals surface area contributed by atoms with E-state index in [9.17, 15) is 9.90 Å². The molecule has 94 valence electrons. The monoisotopic (exact) mass is 236 g/mol. The molecule has 2 N–H and O–H groups in total. The van der Waals surface area contributed by atoms with Crippen LogP contribution in [-0.2, 0) is 11.3 Å². The summed E-state index contributed by atoms with van der Waals surface area (Å²) < 4.78 is 0. The molecule has 0 fully saturated rings. The summed E-state index contributed by atoms with van der Waals surface area (Å²) in [6.45, 7) is 6.16. The van der Waals surface area contributed by atoms with Crippen LogP contribution < -0.4 is 5.32 Å². The average molecular weight is 236 g/mol. The highest BCUT2D eigenvalue weighted by Gasteiger charge is 2.31. The van der Waals surface area contributed by atoms with Crippen molar-refractivity contribution in [2.75, 3.05) is 0 Å². The Hall–Kier alpha value is -1.42. The molecule has 4 heteroatoms. The van der Waals surface area contributed by atoms with Crippen LogP contribution in [0, 0.1) is 6.92 Å². The molecular formula is C13H20N2O2. The summed E-state index contributed by atoms with van der Waals surface area (Å²) in [5.41, 5.74) is 1.10. The number of carboxylic acid groups (broad SMARTS) is 1. The van der Waals surface area contributed by atoms with Gasteiger partial charge in [-0.05, 0) is 31.9 Å². The molecule has 1 heterocycles. The molecule has 0 saturated heterocycles. The fourth-order valence-corrected chi connectivity index (χ4v) is 1.67. The lowest BCUT2D eigenvalue weighted by Crippen LogP contribution is -2.48. The van der Waals surface area contributed by atoms with Crippen LogP contribution in [0.1, 0.15) is 37.9 Å². The van der Waals surface area contributed by atoms with Gasteiger partial charge in [-0.3, -0.25) is 15.1 Å². The smallest absolute Gasteiger partial charge is 0.323 e. The van der Waals surface area contributed by atoms with Crippen LogP contribution in [0.25, 0.3) is 0 Å². The van der Waals surface area contributed by atoms with Crippen LogP contribution in [0.2, 0.25) is 0 Å². The first-order valence-corrected chi connectivity index (χ1v) is 5.88. The molecule has 1 unspecified atom stereocenters. The van der Waals surface area contributed by atoms with E-state index in [1.807, 2.05) is 26.0 Å². The number of carbonyl (C=O) groups is 1. The molecule has 1 atom stereocenters. The van der Waals surface area contributed by atoms with Gasteiger partial charge in [0.2, 0.25) is 0 Å². The number of nitrogens with zero attached hydrogens (tertiary/aromatic N) is 1. The molecule has 4 nitrogen and oxygen atoms in total. The Labute approximate surface area is 102 Å². The van der Waals surface area contributed by atoms with Gasteiger partial charge in [0, 0.05) is 18.4 Å². The van der Waals surface area contributed by atoms with Crippen LogP contribution in [0.3, 0.4) is 0 Å². The lowest BCUT2D eigenvalue weighted by Gasteiger charge is -2.25. The highest BCUT2D eigenvalue weighted by molar-refractivity contribution is 5.78. The number of pyridine rings is 1. The van der Waals surface area contributed by atoms with E-state index in [2.05, 4.69) is 10.3 Å². The first-order chi connectivity index (χ1) is 7.98. The third-order valence-corrected chi connectivity index (χ3v) is 2.88. The lowest BCUT2D eigenvalue weighted by molar-refractivity contribution is -0.144. The van der Waals surface area contributed by atoms with Crippen molar-refractivity contribution in [3.8, 4) is 0 Å². The van der Waals surface area contributed by atoms with Crippen molar-refractivity contribution >= 4 is 5.97 Å². The topological polar surface area (TPSA) is 62.2 Å². The van der Waals surface area contributed by atoms with E-state index in [-0.39, 0.29) is 0 Å². The van der Waals surface area contributed by atoms with Crippen molar-refractivity contribution in [2.24, 2.45) is 0 Å². The van der Waals surface area contributed by atoms with Gasteiger partial charge < -0.3 is 5.11 Å². The second kappa shape index (κ2) is 5.77. The molecule has 1 rings (SSSR count). The maximum atomic E-state index is 11.2. The normalized spacial score (nSPS) is 14.3. The molecule has 0 aliphatic heterocycles. The maximum Gasteiger partial charge on any atom is 0.323 e. The summed E-state index contributed by atoms with van der Waals surface area (Å²) in [5.74, 6) is -0.806. The fraction of sp³-hybridized carbons (Fsp3) is 0.538. The van der Waals surface area contributed by atoms with Gasteiger partial charge in [-0.15, -0.1) is 0 Å². The third-order valence-electron chi connectivity index (χ3n) is 2.88. The third kappa shape index (κ3) is 3.82. The SMILES string of the molecule is CCCC(C)(NCc1ccc(C)nc1)C(=O)O. The maximum absolute atomic E-state index is 11.2. The number of rotatable bonds is 6. The first-order valence-electron chi connectivity index (χ1n) is 5.88. The Kier molecular flexibility index (Phi) is 4.63. The summed E-state index contributed by atoms with van der Waals surface area (Å²) in [6, 6.07) is 3.89. The predicted octanol–water partition coefficient (Wildman–Crippen LogP) is 2.12. The molecule has 0 aliphatic rings. The zero-order valence-corrected chi connectivity index (χ0v) is 10.7. The molecule has 17 heavy (non-hydrogen) atoms. The number of aliphatic carboxylic acids is 1. The highest BCUT2D eigenvalue weighted by Crippen LogP contribution is 2.13. The average Bonchev–Trinajstić information content (AvgIpc) is 2.28. The summed E-state index contributed by atoms with van der Waals surface area (Å²) in [5, 5.41) is 12.3. The highest BCUT2D eigenvalue weighted by atomic mass is 16.4. The van der Waals surface area contributed by atoms with Crippen LogP contribution in [0.15, 0.2) is 18.3 Å². The van der Waals surface area contributed by atoms with Gasteiger partial charge in [-0.2, -0.15) is 0 Å². The fourth-order valence-electron chi connectivity index (χ4n) is 1.67. The molecule has 1 aromatic rings. The van der Waals surface area contributed by atoms with E-state index in [0.717, 1.165) is 17.7 Å². The molecular weight excluding hydrogens is 216 g/mol. The molecule has 0 radical (unpaired) electrons. The standard InChI is InChI=1S/C13H20N2O2/c1-4-7-13(3,12(16)17)15-9-11-6-5-10(2)14-8-11/h5-6,8,15H,4,7,9H2,1-3H3,(H,16,17). The molecule has 1 aromatic heterocycles. The minimum absolute atomic E-state index is 0.524. The van der Waals surface area contributed by atoms with Crippen LogP contribution in [0.4, 0.5) is 0 Å². The number of hydrogen-bond donors (Lipinski definition) is 2. The minimum atomic E-state index is -0.861. The number of carboxylic acids is 1. The zero-order valence-electron chi connectivity index (χ0n) is 10.7. The predicted molar refractivity (Wildman–Crippen MR) is 66.8 cm³/mol. The molecule has 0 amide bonds. The van der Waals surface area contributed by atoms with Gasteiger partial charge in [0.15, 0.2) is 0 Å². The Morgan fingerprint density at radius 1 is 1.53 bits per heavy atom. The minimum Gasteiger partial charge on any atom is -0.480 e. The number of aromatic nitrogens is 1. The second-order valence-corrected chi connectivity index (χ2v) is 4.55. The van der Waals surface area contributed by atoms with Crippen molar-refractivity contribution in [1.29, 1.82) is 0 Å². The van der Waals surface area contributed by atoms with E-state index < -0.39 is 11.5 Å². The van der Waals surface area contributed by atoms with Crippen LogP contribution >= 0.6 is 0 Å². The largest absolute Gasteiger partial charge is 0.480 e. The van der Waals surface area contributed by atoms with E-state index in [1.54, 1.807) is 13.1 Å². The van der Waals surface area contributed by atoms with E-state index >= 15 is 0 Å². The second-order valence-electron chi connectivity index (χ2n) is 4.55. The molecule has 0 aromatic carbocycles. The Morgan fingerprint density at radius 2 is 2.24 bits per heavy atom. The zero-order chi connectivity index (χ0) is 12.9. The van der Waals surface area contributed by atoms with Gasteiger partial charge in [0.05, 0.1) is 0 Å². The Morgan fingerprint density at radius 3 is 2.71 bits per heavy atom. The number of aryl methyl sites for hydroxylation is 1. The quantitative estimate of drug-likeness (QED) is 0.794. The summed E-state index contributed by atoms with van der Waals surface area (Å²) in [4.78, 5) is 15.4. The Balaban J connectivity index is 2.64. The van der Waals surface area contributed by atoms with Crippen molar-refractivity contribution in [3.05, 3.63) is 29.6 Å². The van der Waals surface area contributed by atoms with Gasteiger partial charge in [0.1, 0.15) is 5.54 Å². The number of nitrogens with one attached hydrogen (secondary N) is 1. The Bertz CT molecular complexity index is 376. The van der Waals surface area contributed by atoms with Gasteiger partial charge >= 0.3 is 5.97 Å². The molecule has 0 aliphatic carbocycles. The number of hydrogen-bond acceptors (Lipinski definition) is 3. The molecule has 0 spiro atoms. The first kappa shape index (κ1) is 13.6. The van der Waals surface area contributed by atoms with Crippen LogP contribution in [-0.4, -0.2) is 21.6 Å². The van der Waals surface area contributed by atoms with Crippen molar-refractivity contribution in [2.45, 2.75) is 45.7 Å². The van der Waals surface area contributed by atoms with Crippen LogP contribution in [0.5, 0.6) is 0 Å². The molecule has 0 saturated carbocycles. The summed E-state index contributed by atoms with van der Waals surface area (Å²) >= 11 is 0. The van der Waals surface area contributed by atoms with Crippen molar-refractivity contribution in [3.63, 3.8) is 0 Å². The van der Waals surface area contributed by atoms with E-state index in [0.29, 0.717) is 13.0 Å². The van der Waals surface area contributed by atoms with Gasteiger partial charge in [-0.1, -0.05) is 19.4 Å². The molecule has 0 bridgehead atoms. The van der Waals surface area contributed by atoms with Gasteiger partial charge in [-0.25, -0.2) is 0 Å². The van der Waals surface area contributed by atoms with E-state index in [4.69, 9.17) is 0 Å². The summed E-state index contributed by atoms with van der Waals surface area (Å²) in [6.07, 6.45) is 3.22. The van der Waals surface area contributed by atoms with Gasteiger partial charge in [0.25, 0.3) is 0 Å². The van der Waals surface area contributed by atoms with Crippen molar-refractivity contribution < 1.29 is 9.90 Å². The van der Waals surface area contributed by atoms with E-state index in [1.165, 1.54) is 0 Å².